The van der Waals surface area contributed by atoms with Crippen molar-refractivity contribution in [3.63, 3.8) is 0 Å². The molecule has 0 bridgehead atoms. The first-order chi connectivity index (χ1) is 5.74. The van der Waals surface area contributed by atoms with Gasteiger partial charge in [0.05, 0.1) is 19.0 Å². The Hall–Kier alpha value is -1.58. The summed E-state index contributed by atoms with van der Waals surface area (Å²) in [6.45, 7) is 3.89. The van der Waals surface area contributed by atoms with Gasteiger partial charge in [0.15, 0.2) is 0 Å². The van der Waals surface area contributed by atoms with Crippen molar-refractivity contribution in [2.24, 2.45) is 0 Å². The predicted molar refractivity (Wildman–Crippen MR) is 47.1 cm³/mol. The Morgan fingerprint density at radius 2 is 2.17 bits per heavy atom. The summed E-state index contributed by atoms with van der Waals surface area (Å²) in [5, 5.41) is 0. The fourth-order valence-electron chi connectivity index (χ4n) is 0.722. The van der Waals surface area contributed by atoms with Crippen LogP contribution in [0.4, 0.5) is 5.69 Å². The van der Waals surface area contributed by atoms with Crippen molar-refractivity contribution in [3.8, 4) is 5.75 Å². The number of nitrogens with two attached hydrogens (primary N) is 1. The van der Waals surface area contributed by atoms with Crippen molar-refractivity contribution in [2.75, 3.05) is 12.8 Å². The summed E-state index contributed by atoms with van der Waals surface area (Å²) in [4.78, 5) is 12.0. The molecule has 0 spiro atoms. The zero-order valence-corrected chi connectivity index (χ0v) is 7.20. The van der Waals surface area contributed by atoms with Crippen LogP contribution < -0.4 is 10.5 Å². The van der Waals surface area contributed by atoms with E-state index >= 15 is 0 Å². The summed E-state index contributed by atoms with van der Waals surface area (Å²) in [7, 11) is 1.59. The molecule has 0 saturated carbocycles. The van der Waals surface area contributed by atoms with Crippen LogP contribution in [0.5, 0.6) is 5.75 Å². The van der Waals surface area contributed by atoms with Crippen LogP contribution in [-0.2, 0) is 4.79 Å². The fraction of sp³-hybridized carbons (Fsp3) is 0.250. The molecule has 0 aromatic carbocycles. The third-order valence-corrected chi connectivity index (χ3v) is 1.25. The Labute approximate surface area is 71.4 Å². The van der Waals surface area contributed by atoms with E-state index in [4.69, 9.17) is 15.3 Å². The summed E-state index contributed by atoms with van der Waals surface area (Å²) in [6, 6.07) is 1.80. The van der Waals surface area contributed by atoms with Crippen LogP contribution in [0.3, 0.4) is 0 Å². The second-order valence-electron chi connectivity index (χ2n) is 2.07. The van der Waals surface area contributed by atoms with Crippen molar-refractivity contribution < 1.29 is 9.53 Å². The third kappa shape index (κ3) is 2.57. The molecule has 4 heteroatoms. The number of nitrogens with zero attached hydrogens (tertiary/aromatic N) is 1. The highest BCUT2D eigenvalue weighted by atomic mass is 16.5. The lowest BCUT2D eigenvalue weighted by molar-refractivity contribution is -0.0979. The van der Waals surface area contributed by atoms with Gasteiger partial charge in [-0.2, -0.15) is 0 Å². The monoisotopic (exact) mass is 168 g/mol. The molecule has 1 aromatic rings. The van der Waals surface area contributed by atoms with Crippen LogP contribution in [0, 0.1) is 6.92 Å². The molecule has 0 amide bonds. The van der Waals surface area contributed by atoms with Crippen molar-refractivity contribution in [1.82, 2.24) is 4.98 Å². The minimum atomic E-state index is 0.577. The van der Waals surface area contributed by atoms with E-state index in [1.54, 1.807) is 19.4 Å². The van der Waals surface area contributed by atoms with E-state index in [-0.39, 0.29) is 0 Å². The van der Waals surface area contributed by atoms with Gasteiger partial charge in [0.2, 0.25) is 0 Å². The minimum Gasteiger partial charge on any atom is -0.494 e. The first kappa shape index (κ1) is 10.4. The van der Waals surface area contributed by atoms with Crippen LogP contribution in [0.2, 0.25) is 0 Å². The molecule has 1 rings (SSSR count). The fourth-order valence-corrected chi connectivity index (χ4v) is 0.722. The number of ether oxygens (including phenoxy) is 1. The summed E-state index contributed by atoms with van der Waals surface area (Å²) in [5.74, 6) is 0.688. The number of carbonyl (C=O) groups excluding carboxylic acids is 1. The van der Waals surface area contributed by atoms with Crippen molar-refractivity contribution in [3.05, 3.63) is 18.0 Å². The first-order valence-electron chi connectivity index (χ1n) is 3.29. The van der Waals surface area contributed by atoms with Gasteiger partial charge in [-0.1, -0.05) is 0 Å². The van der Waals surface area contributed by atoms with Gasteiger partial charge < -0.3 is 15.3 Å². The highest BCUT2D eigenvalue weighted by Gasteiger charge is 1.97. The molecular weight excluding hydrogens is 156 g/mol. The van der Waals surface area contributed by atoms with Crippen LogP contribution in [0.1, 0.15) is 5.69 Å². The number of nitrogen functional groups attached to an aromatic ring is 1. The Bertz CT molecular complexity index is 251. The molecule has 4 nitrogen and oxygen atoms in total. The van der Waals surface area contributed by atoms with E-state index < -0.39 is 0 Å². The highest BCUT2D eigenvalue weighted by Crippen LogP contribution is 2.19. The van der Waals surface area contributed by atoms with Crippen molar-refractivity contribution in [2.45, 2.75) is 6.92 Å². The normalized spacial score (nSPS) is 8.17. The topological polar surface area (TPSA) is 65.2 Å². The molecule has 12 heavy (non-hydrogen) atoms. The smallest absolute Gasteiger partial charge is 0.145 e. The van der Waals surface area contributed by atoms with Gasteiger partial charge in [-0.25, -0.2) is 0 Å². The zero-order valence-electron chi connectivity index (χ0n) is 7.20. The molecule has 0 radical (unpaired) electrons. The number of aromatic nitrogens is 1. The lowest BCUT2D eigenvalue weighted by atomic mass is 10.3. The van der Waals surface area contributed by atoms with E-state index in [1.165, 1.54) is 0 Å². The van der Waals surface area contributed by atoms with E-state index in [0.29, 0.717) is 11.4 Å². The van der Waals surface area contributed by atoms with Crippen LogP contribution in [0.25, 0.3) is 0 Å². The summed E-state index contributed by atoms with van der Waals surface area (Å²) in [5.41, 5.74) is 7.00. The summed E-state index contributed by atoms with van der Waals surface area (Å²) >= 11 is 0. The Morgan fingerprint density at radius 1 is 1.58 bits per heavy atom. The van der Waals surface area contributed by atoms with Gasteiger partial charge in [-0.3, -0.25) is 4.98 Å². The molecule has 0 fully saturated rings. The van der Waals surface area contributed by atoms with E-state index in [2.05, 4.69) is 4.98 Å². The van der Waals surface area contributed by atoms with E-state index in [9.17, 15) is 0 Å². The zero-order chi connectivity index (χ0) is 9.56. The van der Waals surface area contributed by atoms with Gasteiger partial charge >= 0.3 is 0 Å². The van der Waals surface area contributed by atoms with Gasteiger partial charge in [0.1, 0.15) is 12.5 Å². The molecule has 1 heterocycles. The quantitative estimate of drug-likeness (QED) is 0.673. The SMILES string of the molecule is C=O.COc1cc(C)ncc1N. The summed E-state index contributed by atoms with van der Waals surface area (Å²) in [6.07, 6.45) is 1.59. The average molecular weight is 168 g/mol. The van der Waals surface area contributed by atoms with Gasteiger partial charge in [0.25, 0.3) is 0 Å². The standard InChI is InChI=1S/C7H10N2O.CH2O/c1-5-3-7(10-2)6(8)4-9-5;1-2/h3-4H,8H2,1-2H3;1H2. The Balaban J connectivity index is 0.000000561. The molecule has 1 aromatic heterocycles. The highest BCUT2D eigenvalue weighted by molar-refractivity contribution is 5.50. The number of rotatable bonds is 1. The third-order valence-electron chi connectivity index (χ3n) is 1.25. The number of aryl methyl sites for hydroxylation is 1. The molecule has 66 valence electrons. The molecule has 0 atom stereocenters. The maximum Gasteiger partial charge on any atom is 0.145 e. The number of hydrogen-bond acceptors (Lipinski definition) is 4. The molecular formula is C8H12N2O2. The van der Waals surface area contributed by atoms with Crippen molar-refractivity contribution >= 4 is 12.5 Å². The Morgan fingerprint density at radius 3 is 2.58 bits per heavy atom. The second kappa shape index (κ2) is 5.12. The van der Waals surface area contributed by atoms with E-state index in [1.807, 2.05) is 13.7 Å². The van der Waals surface area contributed by atoms with E-state index in [0.717, 1.165) is 5.69 Å². The first-order valence-corrected chi connectivity index (χ1v) is 3.29. The molecule has 0 aliphatic rings. The van der Waals surface area contributed by atoms with Gasteiger partial charge in [-0.05, 0) is 6.92 Å². The summed E-state index contributed by atoms with van der Waals surface area (Å²) < 4.78 is 4.96. The van der Waals surface area contributed by atoms with Crippen LogP contribution in [0.15, 0.2) is 12.3 Å². The number of anilines is 1. The van der Waals surface area contributed by atoms with Crippen LogP contribution in [-0.4, -0.2) is 18.9 Å². The molecule has 0 aliphatic carbocycles. The molecule has 2 N–H and O–H groups in total. The number of hydrogen-bond donors (Lipinski definition) is 1. The lowest BCUT2D eigenvalue weighted by Gasteiger charge is -2.02. The number of carbonyl (C=O) groups is 1. The maximum atomic E-state index is 8.00. The second-order valence-corrected chi connectivity index (χ2v) is 2.07. The number of pyridine rings is 1. The molecule has 0 saturated heterocycles. The van der Waals surface area contributed by atoms with Crippen LogP contribution >= 0.6 is 0 Å². The number of methoxy groups -OCH3 is 1. The van der Waals surface area contributed by atoms with Gasteiger partial charge in [0, 0.05) is 11.8 Å². The lowest BCUT2D eigenvalue weighted by Crippen LogP contribution is -1.94. The molecule has 0 aliphatic heterocycles. The maximum absolute atomic E-state index is 8.00. The predicted octanol–water partition coefficient (Wildman–Crippen LogP) is 0.796. The van der Waals surface area contributed by atoms with Gasteiger partial charge in [-0.15, -0.1) is 0 Å². The molecule has 0 unspecified atom stereocenters. The Kier molecular flexibility index (Phi) is 4.45. The average Bonchev–Trinajstić information content (AvgIpc) is 2.13. The minimum absolute atomic E-state index is 0.577. The van der Waals surface area contributed by atoms with Crippen molar-refractivity contribution in [1.29, 1.82) is 0 Å². The largest absolute Gasteiger partial charge is 0.494 e.